The fourth-order valence-electron chi connectivity index (χ4n) is 3.07. The average molecular weight is 387 g/mol. The highest BCUT2D eigenvalue weighted by atomic mass is 35.5. The summed E-state index contributed by atoms with van der Waals surface area (Å²) in [6, 6.07) is 12.4. The third-order valence-electron chi connectivity index (χ3n) is 4.36. The summed E-state index contributed by atoms with van der Waals surface area (Å²) in [6.07, 6.45) is 2.20. The van der Waals surface area contributed by atoms with Gasteiger partial charge in [0, 0.05) is 18.1 Å². The van der Waals surface area contributed by atoms with E-state index in [1.165, 1.54) is 0 Å². The summed E-state index contributed by atoms with van der Waals surface area (Å²) in [7, 11) is 0. The molecule has 2 aromatic carbocycles. The molecule has 5 nitrogen and oxygen atoms in total. The van der Waals surface area contributed by atoms with Crippen molar-refractivity contribution in [3.63, 3.8) is 0 Å². The van der Waals surface area contributed by atoms with Gasteiger partial charge < -0.3 is 10.2 Å². The van der Waals surface area contributed by atoms with E-state index in [0.717, 1.165) is 37.0 Å². The van der Waals surface area contributed by atoms with Gasteiger partial charge in [0.2, 0.25) is 0 Å². The van der Waals surface area contributed by atoms with E-state index < -0.39 is 0 Å². The Morgan fingerprint density at radius 3 is 2.42 bits per heavy atom. The highest BCUT2D eigenvalue weighted by Crippen LogP contribution is 2.29. The van der Waals surface area contributed by atoms with Crippen molar-refractivity contribution in [2.75, 3.05) is 23.3 Å². The second-order valence-electron chi connectivity index (χ2n) is 6.16. The Kier molecular flexibility index (Phi) is 4.66. The van der Waals surface area contributed by atoms with Gasteiger partial charge in [0.1, 0.15) is 0 Å². The lowest BCUT2D eigenvalue weighted by Crippen LogP contribution is -2.23. The van der Waals surface area contributed by atoms with Crippen LogP contribution in [0.4, 0.5) is 11.6 Å². The van der Waals surface area contributed by atoms with Gasteiger partial charge in [-0.2, -0.15) is 0 Å². The number of para-hydroxylation sites is 2. The molecule has 26 heavy (non-hydrogen) atoms. The van der Waals surface area contributed by atoms with Gasteiger partial charge in [-0.25, -0.2) is 9.97 Å². The van der Waals surface area contributed by atoms with Gasteiger partial charge in [0.15, 0.2) is 11.6 Å². The Morgan fingerprint density at radius 2 is 1.69 bits per heavy atom. The molecule has 0 spiro atoms. The molecule has 0 unspecified atom stereocenters. The van der Waals surface area contributed by atoms with Gasteiger partial charge in [-0.15, -0.1) is 0 Å². The number of nitrogens with one attached hydrogen (secondary N) is 1. The molecule has 0 saturated carbocycles. The summed E-state index contributed by atoms with van der Waals surface area (Å²) in [5.74, 6) is 0.766. The molecule has 1 N–H and O–H groups in total. The van der Waals surface area contributed by atoms with Crippen molar-refractivity contribution in [1.29, 1.82) is 0 Å². The minimum Gasteiger partial charge on any atom is -0.354 e. The molecular weight excluding hydrogens is 371 g/mol. The maximum absolute atomic E-state index is 12.7. The SMILES string of the molecule is O=C(Nc1nc2ccccc2nc1N1CCCC1)c1cc(Cl)ccc1Cl. The van der Waals surface area contributed by atoms with Crippen LogP contribution in [0.15, 0.2) is 42.5 Å². The Balaban J connectivity index is 1.75. The van der Waals surface area contributed by atoms with Gasteiger partial charge in [-0.05, 0) is 43.2 Å². The van der Waals surface area contributed by atoms with Crippen molar-refractivity contribution in [2.24, 2.45) is 0 Å². The number of rotatable bonds is 3. The van der Waals surface area contributed by atoms with Crippen molar-refractivity contribution >= 4 is 51.8 Å². The quantitative estimate of drug-likeness (QED) is 0.702. The molecule has 1 fully saturated rings. The summed E-state index contributed by atoms with van der Waals surface area (Å²) in [4.78, 5) is 24.3. The predicted octanol–water partition coefficient (Wildman–Crippen LogP) is 4.79. The molecule has 4 rings (SSSR count). The zero-order valence-corrected chi connectivity index (χ0v) is 15.4. The van der Waals surface area contributed by atoms with Crippen molar-refractivity contribution in [3.05, 3.63) is 58.1 Å². The zero-order valence-electron chi connectivity index (χ0n) is 13.9. The molecule has 0 atom stereocenters. The minimum absolute atomic E-state index is 0.307. The lowest BCUT2D eigenvalue weighted by atomic mass is 10.2. The van der Waals surface area contributed by atoms with Crippen LogP contribution in [-0.4, -0.2) is 29.0 Å². The van der Waals surface area contributed by atoms with Crippen LogP contribution in [0.25, 0.3) is 11.0 Å². The number of halogens is 2. The normalized spacial score (nSPS) is 14.0. The zero-order chi connectivity index (χ0) is 18.1. The number of anilines is 2. The fourth-order valence-corrected chi connectivity index (χ4v) is 3.45. The maximum atomic E-state index is 12.7. The first-order valence-electron chi connectivity index (χ1n) is 8.40. The third-order valence-corrected chi connectivity index (χ3v) is 4.93. The lowest BCUT2D eigenvalue weighted by Gasteiger charge is -2.20. The van der Waals surface area contributed by atoms with E-state index in [-0.39, 0.29) is 5.91 Å². The van der Waals surface area contributed by atoms with Crippen molar-refractivity contribution in [2.45, 2.75) is 12.8 Å². The first-order valence-corrected chi connectivity index (χ1v) is 9.15. The second kappa shape index (κ2) is 7.09. The smallest absolute Gasteiger partial charge is 0.258 e. The largest absolute Gasteiger partial charge is 0.354 e. The molecule has 1 aliphatic heterocycles. The molecule has 1 amide bonds. The van der Waals surface area contributed by atoms with E-state index in [1.54, 1.807) is 18.2 Å². The van der Waals surface area contributed by atoms with Gasteiger partial charge >= 0.3 is 0 Å². The number of nitrogens with zero attached hydrogens (tertiary/aromatic N) is 3. The molecule has 2 heterocycles. The Hall–Kier alpha value is -2.37. The lowest BCUT2D eigenvalue weighted by molar-refractivity contribution is 0.102. The van der Waals surface area contributed by atoms with E-state index in [1.807, 2.05) is 24.3 Å². The predicted molar refractivity (Wildman–Crippen MR) is 105 cm³/mol. The van der Waals surface area contributed by atoms with Crippen LogP contribution in [0.3, 0.4) is 0 Å². The highest BCUT2D eigenvalue weighted by Gasteiger charge is 2.22. The molecule has 1 aliphatic rings. The van der Waals surface area contributed by atoms with Gasteiger partial charge in [-0.1, -0.05) is 35.3 Å². The summed E-state index contributed by atoms with van der Waals surface area (Å²) < 4.78 is 0. The average Bonchev–Trinajstić information content (AvgIpc) is 3.17. The Bertz CT molecular complexity index is 986. The standard InChI is InChI=1S/C19H16Cl2N4O/c20-12-7-8-14(21)13(11-12)19(26)24-17-18(25-9-3-4-10-25)23-16-6-2-1-5-15(16)22-17/h1-2,5-8,11H,3-4,9-10H2,(H,22,24,26). The van der Waals surface area contributed by atoms with Crippen LogP contribution in [0.1, 0.15) is 23.2 Å². The highest BCUT2D eigenvalue weighted by molar-refractivity contribution is 6.36. The molecule has 0 aliphatic carbocycles. The van der Waals surface area contributed by atoms with Crippen LogP contribution >= 0.6 is 23.2 Å². The van der Waals surface area contributed by atoms with E-state index in [9.17, 15) is 4.79 Å². The number of aromatic nitrogens is 2. The molecule has 1 aromatic heterocycles. The van der Waals surface area contributed by atoms with Gasteiger partial charge in [-0.3, -0.25) is 4.79 Å². The number of amides is 1. The van der Waals surface area contributed by atoms with E-state index in [4.69, 9.17) is 28.2 Å². The van der Waals surface area contributed by atoms with Crippen LogP contribution in [0, 0.1) is 0 Å². The summed E-state index contributed by atoms with van der Waals surface area (Å²) >= 11 is 12.2. The number of carbonyl (C=O) groups is 1. The summed E-state index contributed by atoms with van der Waals surface area (Å²) in [5, 5.41) is 3.65. The minimum atomic E-state index is -0.359. The number of carbonyl (C=O) groups excluding carboxylic acids is 1. The van der Waals surface area contributed by atoms with E-state index in [2.05, 4.69) is 15.2 Å². The van der Waals surface area contributed by atoms with E-state index in [0.29, 0.717) is 27.2 Å². The Labute approximate surface area is 161 Å². The molecule has 1 saturated heterocycles. The van der Waals surface area contributed by atoms with Gasteiger partial charge in [0.25, 0.3) is 5.91 Å². The van der Waals surface area contributed by atoms with E-state index >= 15 is 0 Å². The third kappa shape index (κ3) is 3.32. The van der Waals surface area contributed by atoms with Crippen molar-refractivity contribution in [1.82, 2.24) is 9.97 Å². The molecule has 0 radical (unpaired) electrons. The monoisotopic (exact) mass is 386 g/mol. The fraction of sp³-hybridized carbons (Fsp3) is 0.211. The summed E-state index contributed by atoms with van der Waals surface area (Å²) in [6.45, 7) is 1.79. The van der Waals surface area contributed by atoms with Crippen molar-refractivity contribution < 1.29 is 4.79 Å². The molecular formula is C19H16Cl2N4O. The maximum Gasteiger partial charge on any atom is 0.258 e. The molecule has 3 aromatic rings. The van der Waals surface area contributed by atoms with Crippen LogP contribution < -0.4 is 10.2 Å². The number of benzene rings is 2. The second-order valence-corrected chi connectivity index (χ2v) is 7.00. The Morgan fingerprint density at radius 1 is 1.00 bits per heavy atom. The van der Waals surface area contributed by atoms with Crippen LogP contribution in [0.5, 0.6) is 0 Å². The number of fused-ring (bicyclic) bond motifs is 1. The summed E-state index contributed by atoms with van der Waals surface area (Å²) in [5.41, 5.74) is 1.83. The molecule has 7 heteroatoms. The first kappa shape index (κ1) is 17.1. The van der Waals surface area contributed by atoms with Crippen LogP contribution in [-0.2, 0) is 0 Å². The number of hydrogen-bond acceptors (Lipinski definition) is 4. The van der Waals surface area contributed by atoms with Gasteiger partial charge in [0.05, 0.1) is 21.6 Å². The topological polar surface area (TPSA) is 58.1 Å². The molecule has 132 valence electrons. The first-order chi connectivity index (χ1) is 12.6. The van der Waals surface area contributed by atoms with Crippen LogP contribution in [0.2, 0.25) is 10.0 Å². The molecule has 0 bridgehead atoms. The number of hydrogen-bond donors (Lipinski definition) is 1. The van der Waals surface area contributed by atoms with Crippen molar-refractivity contribution in [3.8, 4) is 0 Å².